The van der Waals surface area contributed by atoms with Crippen molar-refractivity contribution in [2.75, 3.05) is 14.1 Å². The number of nitrogens with one attached hydrogen (secondary N) is 1. The molecule has 0 aromatic heterocycles. The predicted octanol–water partition coefficient (Wildman–Crippen LogP) is 2.59. The van der Waals surface area contributed by atoms with E-state index in [0.717, 1.165) is 13.0 Å². The molecule has 0 bridgehead atoms. The van der Waals surface area contributed by atoms with Crippen LogP contribution in [0.1, 0.15) is 31.4 Å². The summed E-state index contributed by atoms with van der Waals surface area (Å²) >= 11 is 0. The minimum Gasteiger partial charge on any atom is -0.347 e. The fraction of sp³-hybridized carbons (Fsp3) is 0.562. The van der Waals surface area contributed by atoms with Gasteiger partial charge in [0.25, 0.3) is 0 Å². The lowest BCUT2D eigenvalue weighted by molar-refractivity contribution is -0.131. The quantitative estimate of drug-likeness (QED) is 0.854. The Kier molecular flexibility index (Phi) is 6.03. The normalized spacial score (nSPS) is 12.5. The van der Waals surface area contributed by atoms with Crippen molar-refractivity contribution in [3.8, 4) is 0 Å². The maximum atomic E-state index is 12.1. The van der Waals surface area contributed by atoms with Crippen molar-refractivity contribution in [2.45, 2.75) is 39.8 Å². The van der Waals surface area contributed by atoms with Gasteiger partial charge in [-0.05, 0) is 24.8 Å². The molecule has 0 aliphatic carbocycles. The fourth-order valence-corrected chi connectivity index (χ4v) is 2.00. The Morgan fingerprint density at radius 3 is 2.26 bits per heavy atom. The molecule has 1 aromatic rings. The van der Waals surface area contributed by atoms with Crippen LogP contribution in [0.25, 0.3) is 0 Å². The Bertz CT molecular complexity index is 396. The lowest BCUT2D eigenvalue weighted by atomic mass is 10.0. The second-order valence-electron chi connectivity index (χ2n) is 5.78. The summed E-state index contributed by atoms with van der Waals surface area (Å²) in [5.41, 5.74) is 2.47. The molecule has 1 rings (SSSR count). The number of aryl methyl sites for hydroxylation is 1. The van der Waals surface area contributed by atoms with Crippen LogP contribution in [0.15, 0.2) is 24.3 Å². The first-order valence-corrected chi connectivity index (χ1v) is 6.90. The van der Waals surface area contributed by atoms with Crippen LogP contribution in [-0.4, -0.2) is 30.9 Å². The molecule has 3 heteroatoms. The lowest BCUT2D eigenvalue weighted by Gasteiger charge is -2.23. The van der Waals surface area contributed by atoms with Crippen molar-refractivity contribution in [3.05, 3.63) is 35.4 Å². The molecule has 0 radical (unpaired) electrons. The summed E-state index contributed by atoms with van der Waals surface area (Å²) in [5, 5.41) is 3.38. The summed E-state index contributed by atoms with van der Waals surface area (Å²) < 4.78 is 0. The minimum absolute atomic E-state index is 0.101. The highest BCUT2D eigenvalue weighted by Gasteiger charge is 2.20. The summed E-state index contributed by atoms with van der Waals surface area (Å²) in [6, 6.07) is 8.31. The molecule has 0 spiro atoms. The molecule has 0 saturated carbocycles. The van der Waals surface area contributed by atoms with Gasteiger partial charge in [-0.2, -0.15) is 0 Å². The third kappa shape index (κ3) is 5.43. The van der Waals surface area contributed by atoms with Gasteiger partial charge in [-0.15, -0.1) is 0 Å². The average Bonchev–Trinajstić information content (AvgIpc) is 2.35. The van der Waals surface area contributed by atoms with Crippen molar-refractivity contribution < 1.29 is 4.79 Å². The number of amides is 1. The van der Waals surface area contributed by atoms with Crippen molar-refractivity contribution in [1.29, 1.82) is 0 Å². The van der Waals surface area contributed by atoms with Gasteiger partial charge >= 0.3 is 0 Å². The van der Waals surface area contributed by atoms with Crippen LogP contribution in [0, 0.1) is 12.8 Å². The van der Waals surface area contributed by atoms with E-state index in [9.17, 15) is 4.79 Å². The number of hydrogen-bond acceptors (Lipinski definition) is 2. The van der Waals surface area contributed by atoms with E-state index in [4.69, 9.17) is 0 Å². The van der Waals surface area contributed by atoms with Crippen LogP contribution in [0.3, 0.4) is 0 Å². The summed E-state index contributed by atoms with van der Waals surface area (Å²) in [6.07, 6.45) is 0.864. The number of rotatable bonds is 6. The molecular formula is C16H26N2O. The molecule has 1 N–H and O–H groups in total. The second kappa shape index (κ2) is 7.29. The van der Waals surface area contributed by atoms with Crippen LogP contribution in [0.2, 0.25) is 0 Å². The topological polar surface area (TPSA) is 32.3 Å². The number of nitrogens with zero attached hydrogens (tertiary/aromatic N) is 1. The van der Waals surface area contributed by atoms with Crippen LogP contribution in [0.4, 0.5) is 0 Å². The lowest BCUT2D eigenvalue weighted by Crippen LogP contribution is -2.44. The van der Waals surface area contributed by atoms with Crippen LogP contribution >= 0.6 is 0 Å². The van der Waals surface area contributed by atoms with Gasteiger partial charge in [0.15, 0.2) is 0 Å². The number of benzene rings is 1. The van der Waals surface area contributed by atoms with Gasteiger partial charge in [0, 0.05) is 20.6 Å². The molecular weight excluding hydrogens is 236 g/mol. The number of likely N-dealkylation sites (N-methyl/N-ethyl adjacent to an activating group) is 1. The molecule has 106 valence electrons. The van der Waals surface area contributed by atoms with E-state index < -0.39 is 0 Å². The summed E-state index contributed by atoms with van der Waals surface area (Å²) in [7, 11) is 3.62. The third-order valence-corrected chi connectivity index (χ3v) is 3.12. The summed E-state index contributed by atoms with van der Waals surface area (Å²) in [5.74, 6) is 0.653. The highest BCUT2D eigenvalue weighted by atomic mass is 16.2. The zero-order valence-electron chi connectivity index (χ0n) is 12.7. The van der Waals surface area contributed by atoms with Crippen LogP contribution in [0.5, 0.6) is 0 Å². The summed E-state index contributed by atoms with van der Waals surface area (Å²) in [4.78, 5) is 13.8. The maximum absolute atomic E-state index is 12.1. The van der Waals surface area contributed by atoms with E-state index >= 15 is 0 Å². The molecule has 1 amide bonds. The Balaban J connectivity index is 2.62. The highest BCUT2D eigenvalue weighted by molar-refractivity contribution is 5.81. The van der Waals surface area contributed by atoms with E-state index in [1.54, 1.807) is 4.90 Å². The highest BCUT2D eigenvalue weighted by Crippen LogP contribution is 2.09. The Morgan fingerprint density at radius 2 is 1.79 bits per heavy atom. The first kappa shape index (κ1) is 15.7. The van der Waals surface area contributed by atoms with E-state index in [2.05, 4.69) is 50.4 Å². The van der Waals surface area contributed by atoms with Gasteiger partial charge in [0.1, 0.15) is 0 Å². The fourth-order valence-electron chi connectivity index (χ4n) is 2.00. The number of carbonyl (C=O) groups is 1. The molecule has 1 atom stereocenters. The standard InChI is InChI=1S/C16H26N2O/c1-12(2)10-15(16(19)18(4)5)17-11-14-8-6-13(3)7-9-14/h6-9,12,15,17H,10-11H2,1-5H3. The van der Waals surface area contributed by atoms with Crippen molar-refractivity contribution in [3.63, 3.8) is 0 Å². The largest absolute Gasteiger partial charge is 0.347 e. The molecule has 0 aliphatic heterocycles. The van der Waals surface area contributed by atoms with E-state index in [1.165, 1.54) is 11.1 Å². The molecule has 0 aliphatic rings. The maximum Gasteiger partial charge on any atom is 0.239 e. The van der Waals surface area contributed by atoms with Gasteiger partial charge in [-0.1, -0.05) is 43.7 Å². The van der Waals surface area contributed by atoms with E-state index in [-0.39, 0.29) is 11.9 Å². The zero-order valence-corrected chi connectivity index (χ0v) is 12.7. The minimum atomic E-state index is -0.101. The molecule has 19 heavy (non-hydrogen) atoms. The predicted molar refractivity (Wildman–Crippen MR) is 80.0 cm³/mol. The Morgan fingerprint density at radius 1 is 1.21 bits per heavy atom. The molecule has 1 aromatic carbocycles. The third-order valence-electron chi connectivity index (χ3n) is 3.12. The molecule has 0 heterocycles. The zero-order chi connectivity index (χ0) is 14.4. The first-order valence-electron chi connectivity index (χ1n) is 6.90. The summed E-state index contributed by atoms with van der Waals surface area (Å²) in [6.45, 7) is 7.10. The SMILES string of the molecule is Cc1ccc(CNC(CC(C)C)C(=O)N(C)C)cc1. The molecule has 0 fully saturated rings. The molecule has 1 unspecified atom stereocenters. The van der Waals surface area contributed by atoms with Crippen molar-refractivity contribution >= 4 is 5.91 Å². The van der Waals surface area contributed by atoms with Crippen molar-refractivity contribution in [2.24, 2.45) is 5.92 Å². The molecule has 0 saturated heterocycles. The average molecular weight is 262 g/mol. The monoisotopic (exact) mass is 262 g/mol. The van der Waals surface area contributed by atoms with Crippen LogP contribution < -0.4 is 5.32 Å². The van der Waals surface area contributed by atoms with Gasteiger partial charge in [-0.3, -0.25) is 4.79 Å². The smallest absolute Gasteiger partial charge is 0.239 e. The molecule has 3 nitrogen and oxygen atoms in total. The second-order valence-corrected chi connectivity index (χ2v) is 5.78. The van der Waals surface area contributed by atoms with E-state index in [0.29, 0.717) is 5.92 Å². The Hall–Kier alpha value is -1.35. The number of carbonyl (C=O) groups excluding carboxylic acids is 1. The first-order chi connectivity index (χ1) is 8.90. The number of hydrogen-bond donors (Lipinski definition) is 1. The van der Waals surface area contributed by atoms with Gasteiger partial charge in [0.2, 0.25) is 5.91 Å². The van der Waals surface area contributed by atoms with Crippen molar-refractivity contribution in [1.82, 2.24) is 10.2 Å². The van der Waals surface area contributed by atoms with Gasteiger partial charge in [-0.25, -0.2) is 0 Å². The van der Waals surface area contributed by atoms with Crippen LogP contribution in [-0.2, 0) is 11.3 Å². The van der Waals surface area contributed by atoms with Gasteiger partial charge in [0.05, 0.1) is 6.04 Å². The van der Waals surface area contributed by atoms with E-state index in [1.807, 2.05) is 14.1 Å². The Labute approximate surface area is 117 Å². The van der Waals surface area contributed by atoms with Gasteiger partial charge < -0.3 is 10.2 Å².